The lowest BCUT2D eigenvalue weighted by atomic mass is 9.89. The molecule has 63 heavy (non-hydrogen) atoms. The second-order valence-corrected chi connectivity index (χ2v) is 21.9. The van der Waals surface area contributed by atoms with Gasteiger partial charge in [0.25, 0.3) is 0 Å². The van der Waals surface area contributed by atoms with E-state index < -0.39 is 57.6 Å². The third-order valence-electron chi connectivity index (χ3n) is 12.3. The maximum Gasteiger partial charge on any atom is 0.219 e. The number of nitrogens with zero attached hydrogens (tertiary/aromatic N) is 5. The van der Waals surface area contributed by atoms with Crippen LogP contribution in [0, 0.1) is 25.5 Å². The van der Waals surface area contributed by atoms with Crippen molar-refractivity contribution < 1.29 is 40.0 Å². The Morgan fingerprint density at radius 3 is 1.43 bits per heavy atom. The maximum absolute atomic E-state index is 14.9. The van der Waals surface area contributed by atoms with Crippen LogP contribution >= 0.6 is 0 Å². The number of carbonyl (C=O) groups excluding carboxylic acids is 3. The minimum Gasteiger partial charge on any atom is -0.386 e. The zero-order chi connectivity index (χ0) is 45.9. The summed E-state index contributed by atoms with van der Waals surface area (Å²) in [5.74, 6) is -2.86. The lowest BCUT2D eigenvalue weighted by Gasteiger charge is -2.51. The third kappa shape index (κ3) is 8.17. The van der Waals surface area contributed by atoms with Gasteiger partial charge in [0.2, 0.25) is 5.91 Å². The van der Waals surface area contributed by atoms with E-state index in [1.54, 1.807) is 43.6 Å². The van der Waals surface area contributed by atoms with E-state index >= 15 is 0 Å². The molecule has 0 unspecified atom stereocenters. The van der Waals surface area contributed by atoms with E-state index in [4.69, 9.17) is 11.5 Å². The van der Waals surface area contributed by atoms with Crippen LogP contribution in [0.3, 0.4) is 0 Å². The molecule has 2 atom stereocenters. The van der Waals surface area contributed by atoms with Crippen molar-refractivity contribution in [3.8, 4) is 0 Å². The molecule has 4 aliphatic rings. The van der Waals surface area contributed by atoms with E-state index in [1.807, 2.05) is 13.8 Å². The summed E-state index contributed by atoms with van der Waals surface area (Å²) in [5.41, 5.74) is 13.1. The topological polar surface area (TPSA) is 237 Å². The number of ketones is 2. The van der Waals surface area contributed by atoms with E-state index in [9.17, 15) is 40.0 Å². The van der Waals surface area contributed by atoms with Gasteiger partial charge in [-0.2, -0.15) is 0 Å². The van der Waals surface area contributed by atoms with Crippen molar-refractivity contribution >= 4 is 48.8 Å². The molecule has 1 amide bonds. The van der Waals surface area contributed by atoms with Crippen molar-refractivity contribution in [2.24, 2.45) is 21.5 Å². The Labute approximate surface area is 364 Å². The molecule has 4 aliphatic heterocycles. The molecule has 2 aromatic carbocycles. The monoisotopic (exact) mass is 902 g/mol. The van der Waals surface area contributed by atoms with Crippen LogP contribution in [0.2, 0.25) is 0 Å². The molecule has 15 nitrogen and oxygen atoms in total. The zero-order valence-electron chi connectivity index (χ0n) is 35.4. The van der Waals surface area contributed by atoms with E-state index in [0.717, 1.165) is 11.1 Å². The van der Waals surface area contributed by atoms with E-state index in [-0.39, 0.29) is 85.0 Å². The number of sulfone groups is 2. The summed E-state index contributed by atoms with van der Waals surface area (Å²) < 4.78 is 79.5. The zero-order valence-corrected chi connectivity index (χ0v) is 37.0. The van der Waals surface area contributed by atoms with E-state index in [1.165, 1.54) is 55.1 Å². The number of amides is 1. The van der Waals surface area contributed by atoms with Crippen LogP contribution in [0.25, 0.3) is 0 Å². The quantitative estimate of drug-likeness (QED) is 0.217. The van der Waals surface area contributed by atoms with Gasteiger partial charge >= 0.3 is 0 Å². The summed E-state index contributed by atoms with van der Waals surface area (Å²) in [6, 6.07) is 15.3. The first-order valence-corrected chi connectivity index (χ1v) is 23.4. The first kappa shape index (κ1) is 45.2. The summed E-state index contributed by atoms with van der Waals surface area (Å²) in [6.07, 6.45) is 3.19. The van der Waals surface area contributed by atoms with Gasteiger partial charge in [0, 0.05) is 69.5 Å². The molecule has 0 bridgehead atoms. The summed E-state index contributed by atoms with van der Waals surface area (Å²) in [5, 5.41) is 2.93. The highest BCUT2D eigenvalue weighted by Crippen LogP contribution is 2.43. The fourth-order valence-corrected chi connectivity index (χ4v) is 12.9. The summed E-state index contributed by atoms with van der Waals surface area (Å²) in [4.78, 5) is 55.3. The van der Waals surface area contributed by atoms with Crippen LogP contribution in [0.4, 0.5) is 8.78 Å². The highest BCUT2D eigenvalue weighted by Gasteiger charge is 2.62. The van der Waals surface area contributed by atoms with Crippen LogP contribution in [0.15, 0.2) is 83.0 Å². The number of amidine groups is 2. The predicted molar refractivity (Wildman–Crippen MR) is 233 cm³/mol. The minimum atomic E-state index is -3.85. The van der Waals surface area contributed by atoms with Crippen LogP contribution in [0.1, 0.15) is 75.1 Å². The molecule has 2 saturated heterocycles. The van der Waals surface area contributed by atoms with Gasteiger partial charge < -0.3 is 21.7 Å². The number of pyridine rings is 2. The molecule has 0 saturated carbocycles. The SMILES string of the molecule is CC(=O)N1CC2(C1)C(N)=N[C@](C)(c1cc(CC(=O)c3ccc(C)cn3)ccc1F)CS2(=O)=O.Cc1ccc(C(=O)Cc2ccc(F)c([C@]3(C)CS(=O)(=O)C4(CNC4)C(N)=N3)c2)nc1. The lowest BCUT2D eigenvalue weighted by molar-refractivity contribution is -0.132. The van der Waals surface area contributed by atoms with Crippen LogP contribution < -0.4 is 16.8 Å². The first-order chi connectivity index (χ1) is 29.4. The van der Waals surface area contributed by atoms with Gasteiger partial charge in [-0.15, -0.1) is 0 Å². The lowest BCUT2D eigenvalue weighted by Crippen LogP contribution is -2.75. The van der Waals surface area contributed by atoms with E-state index in [0.29, 0.717) is 22.5 Å². The Kier molecular flexibility index (Phi) is 11.6. The molecule has 2 fully saturated rings. The number of hydrogen-bond donors (Lipinski definition) is 3. The highest BCUT2D eigenvalue weighted by molar-refractivity contribution is 7.94. The van der Waals surface area contributed by atoms with Gasteiger partial charge in [-0.3, -0.25) is 34.3 Å². The summed E-state index contributed by atoms with van der Waals surface area (Å²) in [7, 11) is -7.50. The Hall–Kier alpha value is -5.79. The van der Waals surface area contributed by atoms with Gasteiger partial charge in [-0.1, -0.05) is 24.3 Å². The number of nitrogens with one attached hydrogen (secondary N) is 1. The average molecular weight is 903 g/mol. The van der Waals surface area contributed by atoms with Crippen molar-refractivity contribution in [1.82, 2.24) is 20.2 Å². The number of nitrogens with two attached hydrogens (primary N) is 2. The Balaban J connectivity index is 0.000000190. The molecule has 2 aromatic heterocycles. The molecule has 6 heterocycles. The van der Waals surface area contributed by atoms with E-state index in [2.05, 4.69) is 25.3 Å². The van der Waals surface area contributed by atoms with Gasteiger partial charge in [-0.05, 0) is 86.3 Å². The average Bonchev–Trinajstić information content (AvgIpc) is 3.14. The second kappa shape index (κ2) is 16.1. The van der Waals surface area contributed by atoms with Gasteiger partial charge in [-0.25, -0.2) is 25.6 Å². The number of likely N-dealkylation sites (tertiary alicyclic amines) is 1. The largest absolute Gasteiger partial charge is 0.386 e. The second-order valence-electron chi connectivity index (χ2n) is 17.3. The van der Waals surface area contributed by atoms with Gasteiger partial charge in [0.05, 0.1) is 11.5 Å². The fourth-order valence-electron chi connectivity index (χ4n) is 8.32. The van der Waals surface area contributed by atoms with Crippen molar-refractivity contribution in [3.63, 3.8) is 0 Å². The number of Topliss-reactive ketones (excluding diaryl/α,β-unsaturated/α-hetero) is 2. The number of hydrogen-bond acceptors (Lipinski definition) is 14. The van der Waals surface area contributed by atoms with Crippen molar-refractivity contribution in [1.29, 1.82) is 0 Å². The number of carbonyl (C=O) groups is 3. The number of aliphatic imine (C=N–C) groups is 2. The molecular weight excluding hydrogens is 855 g/mol. The predicted octanol–water partition coefficient (Wildman–Crippen LogP) is 2.85. The highest BCUT2D eigenvalue weighted by atomic mass is 32.2. The molecule has 2 spiro atoms. The van der Waals surface area contributed by atoms with Crippen LogP contribution in [-0.2, 0) is 48.4 Å². The Bertz CT molecular complexity index is 2830. The smallest absolute Gasteiger partial charge is 0.219 e. The van der Waals surface area contributed by atoms with Gasteiger partial charge in [0.15, 0.2) is 40.7 Å². The molecule has 8 rings (SSSR count). The van der Waals surface area contributed by atoms with Crippen molar-refractivity contribution in [2.45, 2.75) is 68.0 Å². The van der Waals surface area contributed by atoms with Crippen molar-refractivity contribution in [2.75, 3.05) is 37.7 Å². The number of aryl methyl sites for hydroxylation is 2. The molecule has 332 valence electrons. The maximum atomic E-state index is 14.9. The summed E-state index contributed by atoms with van der Waals surface area (Å²) in [6.45, 7) is 8.47. The molecule has 4 aromatic rings. The fraction of sp³-hybridized carbons (Fsp3) is 0.386. The normalized spacial score (nSPS) is 23.6. The summed E-state index contributed by atoms with van der Waals surface area (Å²) >= 11 is 0. The molecule has 5 N–H and O–H groups in total. The molecule has 19 heteroatoms. The van der Waals surface area contributed by atoms with Gasteiger partial charge in [0.1, 0.15) is 45.8 Å². The Morgan fingerprint density at radius 2 is 1.10 bits per heavy atom. The molecular formula is C44H48F2N8O7S2. The minimum absolute atomic E-state index is 0.000246. The molecule has 0 radical (unpaired) electrons. The molecule has 0 aliphatic carbocycles. The Morgan fingerprint density at radius 1 is 0.683 bits per heavy atom. The van der Waals surface area contributed by atoms with Crippen LogP contribution in [-0.4, -0.2) is 108 Å². The number of benzene rings is 2. The number of rotatable bonds is 8. The first-order valence-electron chi connectivity index (χ1n) is 20.1. The number of halogens is 2. The number of aromatic nitrogens is 2. The third-order valence-corrected chi connectivity index (χ3v) is 17.5. The standard InChI is InChI=1S/C23H25FN4O4S.C21H23FN4O3S/c1-14-4-7-19(26-10-14)20(30)9-16-5-6-18(24)17(8-16)22(3)13-33(31,32)23(21(25)27-22)11-28(12-23)15(2)29;1-13-3-6-17(25-9-13)18(27)8-14-4-5-16(22)15(7-14)20(2)12-30(28,29)21(10-24-11-21)19(23)26-20/h4-8,10H,9,11-13H2,1-3H3,(H2,25,27);3-7,9,24H,8,10-12H2,1-2H3,(H2,23,26)/t22-;20-/m00/s1. The van der Waals surface area contributed by atoms with Crippen LogP contribution in [0.5, 0.6) is 0 Å². The van der Waals surface area contributed by atoms with Crippen molar-refractivity contribution in [3.05, 3.63) is 129 Å².